The van der Waals surface area contributed by atoms with E-state index in [9.17, 15) is 14.7 Å². The summed E-state index contributed by atoms with van der Waals surface area (Å²) < 4.78 is 22.9. The minimum absolute atomic E-state index is 0.214. The monoisotopic (exact) mass is 431 g/mol. The lowest BCUT2D eigenvalue weighted by molar-refractivity contribution is -0.145. The molecule has 8 nitrogen and oxygen atoms in total. The Morgan fingerprint density at radius 1 is 1.29 bits per heavy atom. The van der Waals surface area contributed by atoms with Crippen molar-refractivity contribution in [3.63, 3.8) is 0 Å². The van der Waals surface area contributed by atoms with Crippen LogP contribution in [-0.2, 0) is 25.4 Å². The summed E-state index contributed by atoms with van der Waals surface area (Å²) in [6.45, 7) is 11.7. The number of hydrogen-bond acceptors (Lipinski definition) is 8. The third kappa shape index (κ3) is 3.08. The van der Waals surface area contributed by atoms with Crippen LogP contribution < -0.4 is 0 Å². The lowest BCUT2D eigenvalue weighted by Gasteiger charge is -2.31. The van der Waals surface area contributed by atoms with Gasteiger partial charge in [0.05, 0.1) is 25.2 Å². The van der Waals surface area contributed by atoms with E-state index in [1.54, 1.807) is 13.0 Å². The first-order valence-electron chi connectivity index (χ1n) is 10.3. The van der Waals surface area contributed by atoms with E-state index in [2.05, 4.69) is 13.2 Å². The van der Waals surface area contributed by atoms with Crippen LogP contribution in [0.3, 0.4) is 0 Å². The van der Waals surface area contributed by atoms with Gasteiger partial charge in [-0.1, -0.05) is 24.3 Å². The zero-order valence-electron chi connectivity index (χ0n) is 18.5. The Morgan fingerprint density at radius 2 is 1.97 bits per heavy atom. The summed E-state index contributed by atoms with van der Waals surface area (Å²) in [5.74, 6) is -1.20. The number of ether oxygens (including phenoxy) is 3. The van der Waals surface area contributed by atoms with Crippen LogP contribution in [0.25, 0.3) is 0 Å². The summed E-state index contributed by atoms with van der Waals surface area (Å²) >= 11 is 0. The number of nitrogens with zero attached hydrogens (tertiary/aromatic N) is 1. The Hall–Kier alpha value is -2.42. The van der Waals surface area contributed by atoms with Crippen LogP contribution in [0, 0.1) is 5.92 Å². The highest BCUT2D eigenvalue weighted by molar-refractivity contribution is 5.91. The highest BCUT2D eigenvalue weighted by Crippen LogP contribution is 2.55. The third-order valence-electron chi connectivity index (χ3n) is 6.72. The van der Waals surface area contributed by atoms with E-state index in [1.165, 1.54) is 7.11 Å². The highest BCUT2D eigenvalue weighted by atomic mass is 16.7. The van der Waals surface area contributed by atoms with Gasteiger partial charge in [0.1, 0.15) is 29.3 Å². The number of rotatable bonds is 4. The van der Waals surface area contributed by atoms with Crippen molar-refractivity contribution in [2.24, 2.45) is 5.92 Å². The van der Waals surface area contributed by atoms with Crippen LogP contribution >= 0.6 is 0 Å². The van der Waals surface area contributed by atoms with E-state index in [0.717, 1.165) is 0 Å². The molecule has 8 heteroatoms. The lowest BCUT2D eigenvalue weighted by atomic mass is 9.79. The number of carbonyl (C=O) groups excluding carboxylic acids is 2. The molecule has 3 aliphatic rings. The summed E-state index contributed by atoms with van der Waals surface area (Å²) in [6.07, 6.45) is -2.24. The molecule has 1 aromatic heterocycles. The maximum atomic E-state index is 13.1. The molecule has 2 fully saturated rings. The van der Waals surface area contributed by atoms with Gasteiger partial charge in [0, 0.05) is 12.3 Å². The van der Waals surface area contributed by atoms with Crippen molar-refractivity contribution < 1.29 is 33.3 Å². The fourth-order valence-corrected chi connectivity index (χ4v) is 5.19. The Balaban J connectivity index is 1.94. The van der Waals surface area contributed by atoms with Crippen LogP contribution in [0.2, 0.25) is 0 Å². The van der Waals surface area contributed by atoms with E-state index < -0.39 is 53.7 Å². The van der Waals surface area contributed by atoms with Gasteiger partial charge in [-0.15, -0.1) is 0 Å². The number of fused-ring (bicyclic) bond motifs is 3. The van der Waals surface area contributed by atoms with Gasteiger partial charge in [0.2, 0.25) is 5.60 Å². The molecule has 3 aliphatic heterocycles. The predicted molar refractivity (Wildman–Crippen MR) is 111 cm³/mol. The van der Waals surface area contributed by atoms with Gasteiger partial charge in [-0.3, -0.25) is 4.90 Å². The second-order valence-corrected chi connectivity index (χ2v) is 9.06. The number of aliphatic hydroxyl groups excluding tert-OH is 1. The molecule has 1 aromatic rings. The number of likely N-dealkylation sites (N-methyl/N-ethyl adjacent to an activating group) is 1. The molecule has 7 atom stereocenters. The molecule has 1 spiro atoms. The smallest absolute Gasteiger partial charge is 0.343 e. The summed E-state index contributed by atoms with van der Waals surface area (Å²) in [6, 6.07) is 1.14. The van der Waals surface area contributed by atoms with Crippen molar-refractivity contribution in [1.29, 1.82) is 0 Å². The van der Waals surface area contributed by atoms with Crippen LogP contribution in [0.15, 0.2) is 34.8 Å². The summed E-state index contributed by atoms with van der Waals surface area (Å²) in [4.78, 5) is 27.4. The van der Waals surface area contributed by atoms with Crippen LogP contribution in [0.5, 0.6) is 0 Å². The quantitative estimate of drug-likeness (QED) is 0.438. The summed E-state index contributed by atoms with van der Waals surface area (Å²) in [5.41, 5.74) is 0.411. The van der Waals surface area contributed by atoms with E-state index in [0.29, 0.717) is 22.7 Å². The highest BCUT2D eigenvalue weighted by Gasteiger charge is 2.78. The molecular weight excluding hydrogens is 402 g/mol. The number of hydrogen-bond donors (Lipinski definition) is 1. The number of methoxy groups -OCH3 is 1. The van der Waals surface area contributed by atoms with Crippen molar-refractivity contribution in [3.05, 3.63) is 47.5 Å². The van der Waals surface area contributed by atoms with Crippen molar-refractivity contribution in [3.8, 4) is 0 Å². The lowest BCUT2D eigenvalue weighted by Crippen LogP contribution is -2.50. The molecule has 31 heavy (non-hydrogen) atoms. The van der Waals surface area contributed by atoms with Gasteiger partial charge in [0.15, 0.2) is 0 Å². The largest absolute Gasteiger partial charge is 0.465 e. The van der Waals surface area contributed by atoms with Crippen molar-refractivity contribution in [2.45, 2.75) is 56.1 Å². The molecule has 4 bridgehead atoms. The third-order valence-corrected chi connectivity index (χ3v) is 6.72. The van der Waals surface area contributed by atoms with E-state index >= 15 is 0 Å². The van der Waals surface area contributed by atoms with Crippen molar-refractivity contribution in [2.75, 3.05) is 21.2 Å². The van der Waals surface area contributed by atoms with Gasteiger partial charge in [-0.05, 0) is 34.0 Å². The fraction of sp³-hybridized carbons (Fsp3) is 0.565. The number of furan rings is 1. The van der Waals surface area contributed by atoms with E-state index in [1.807, 2.05) is 25.9 Å². The van der Waals surface area contributed by atoms with Gasteiger partial charge < -0.3 is 23.7 Å². The number of carbonyl (C=O) groups is 2. The summed E-state index contributed by atoms with van der Waals surface area (Å²) in [7, 11) is 4.98. The normalized spacial score (nSPS) is 36.3. The van der Waals surface area contributed by atoms with Gasteiger partial charge in [-0.25, -0.2) is 9.59 Å². The average Bonchev–Trinajstić information content (AvgIpc) is 3.18. The summed E-state index contributed by atoms with van der Waals surface area (Å²) in [5, 5.41) is 11.2. The molecule has 0 amide bonds. The second-order valence-electron chi connectivity index (χ2n) is 9.06. The molecule has 1 N–H and O–H groups in total. The minimum atomic E-state index is -1.27. The van der Waals surface area contributed by atoms with Crippen molar-refractivity contribution >= 4 is 11.9 Å². The Bertz CT molecular complexity index is 963. The predicted octanol–water partition coefficient (Wildman–Crippen LogP) is 1.83. The first kappa shape index (κ1) is 21.8. The maximum Gasteiger partial charge on any atom is 0.343 e. The molecular formula is C23H29NO7. The zero-order chi connectivity index (χ0) is 22.8. The topological polar surface area (TPSA) is 102 Å². The molecule has 0 aliphatic carbocycles. The molecule has 2 saturated heterocycles. The standard InChI is InChI=1S/C23H29NO7/c1-10(2)12-8-14-13(21(26)28-7)9-15(29-14)16(11(3)4)18-19(24(5)6)23(22(27)30-18)20(31-23)17(12)25/h9,12,16-20,25H,1,3,8H2,2,4-7H3/t12-,16+,17-,18+,19+,20-,23-/m1/s1. The molecule has 168 valence electrons. The molecule has 0 radical (unpaired) electrons. The minimum Gasteiger partial charge on any atom is -0.465 e. The number of esters is 2. The first-order chi connectivity index (χ1) is 14.5. The van der Waals surface area contributed by atoms with Gasteiger partial charge in [0.25, 0.3) is 0 Å². The Kier molecular flexibility index (Phi) is 5.15. The van der Waals surface area contributed by atoms with Gasteiger partial charge in [-0.2, -0.15) is 0 Å². The number of epoxide rings is 1. The molecule has 4 rings (SSSR count). The van der Waals surface area contributed by atoms with Gasteiger partial charge >= 0.3 is 11.9 Å². The van der Waals surface area contributed by atoms with E-state index in [4.69, 9.17) is 18.6 Å². The SMILES string of the molecule is C=C(C)[C@H]1Cc2oc(cc2C(=O)OC)[C@H](C(=C)C)[C@@H]2OC(=O)[C@@]3(O[C@@H]3[C@@H]1O)[C@H]2N(C)C. The van der Waals surface area contributed by atoms with Crippen molar-refractivity contribution in [1.82, 2.24) is 4.90 Å². The molecule has 0 saturated carbocycles. The number of aliphatic hydroxyl groups is 1. The van der Waals surface area contributed by atoms with E-state index in [-0.39, 0.29) is 12.0 Å². The molecule has 0 unspecified atom stereocenters. The maximum absolute atomic E-state index is 13.1. The van der Waals surface area contributed by atoms with Crippen LogP contribution in [0.1, 0.15) is 41.6 Å². The second kappa shape index (κ2) is 7.32. The van der Waals surface area contributed by atoms with Crippen LogP contribution in [-0.4, -0.2) is 73.1 Å². The van der Waals surface area contributed by atoms with Crippen LogP contribution in [0.4, 0.5) is 0 Å². The Morgan fingerprint density at radius 3 is 2.52 bits per heavy atom. The zero-order valence-corrected chi connectivity index (χ0v) is 18.5. The molecule has 0 aromatic carbocycles. The average molecular weight is 431 g/mol. The first-order valence-corrected chi connectivity index (χ1v) is 10.3. The molecule has 4 heterocycles. The fourth-order valence-electron chi connectivity index (χ4n) is 5.19. The Labute approximate surface area is 181 Å².